The Morgan fingerprint density at radius 1 is 0.441 bits per heavy atom. The summed E-state index contributed by atoms with van der Waals surface area (Å²) in [7, 11) is 0. The van der Waals surface area contributed by atoms with E-state index in [9.17, 15) is 0 Å². The zero-order chi connectivity index (χ0) is 22.6. The van der Waals surface area contributed by atoms with Crippen LogP contribution in [0.2, 0.25) is 0 Å². The molecule has 0 radical (unpaired) electrons. The summed E-state index contributed by atoms with van der Waals surface area (Å²) >= 11 is 0. The molecule has 0 aliphatic rings. The van der Waals surface area contributed by atoms with Gasteiger partial charge in [-0.1, -0.05) is 73.6 Å². The predicted molar refractivity (Wildman–Crippen MR) is 121 cm³/mol. The quantitative estimate of drug-likeness (QED) is 0.281. The van der Waals surface area contributed by atoms with Crippen molar-refractivity contribution in [3.63, 3.8) is 0 Å². The van der Waals surface area contributed by atoms with Crippen LogP contribution in [0.25, 0.3) is 17.5 Å². The van der Waals surface area contributed by atoms with Crippen molar-refractivity contribution in [1.29, 1.82) is 0 Å². The van der Waals surface area contributed by atoms with Crippen LogP contribution in [0, 0.1) is 19.0 Å². The molecule has 0 fully saturated rings. The van der Waals surface area contributed by atoms with Gasteiger partial charge in [0.05, 0.1) is 17.5 Å². The topological polar surface area (TPSA) is 92.1 Å². The first-order valence-electron chi connectivity index (χ1n) is 9.87. The Kier molecular flexibility index (Phi) is 9.55. The fourth-order valence-electron chi connectivity index (χ4n) is 2.56. The van der Waals surface area contributed by atoms with Gasteiger partial charge in [0.2, 0.25) is 0 Å². The number of rotatable bonds is 3. The first-order valence-corrected chi connectivity index (χ1v) is 9.87. The van der Waals surface area contributed by atoms with E-state index in [1.165, 1.54) is 0 Å². The molecule has 6 rings (SSSR count). The van der Waals surface area contributed by atoms with Crippen molar-refractivity contribution in [2.75, 3.05) is 0 Å². The normalized spacial score (nSPS) is 9.53. The molecule has 0 aliphatic heterocycles. The molecule has 0 unspecified atom stereocenters. The second-order valence-electron chi connectivity index (χ2n) is 6.26. The number of hydrogen-bond donors (Lipinski definition) is 0. The Labute approximate surface area is 210 Å². The third-order valence-corrected chi connectivity index (χ3v) is 4.06. The minimum atomic E-state index is 0. The Morgan fingerprint density at radius 3 is 0.971 bits per heavy atom. The van der Waals surface area contributed by atoms with Crippen LogP contribution in [-0.2, 0) is 20.1 Å². The third kappa shape index (κ3) is 7.13. The van der Waals surface area contributed by atoms with Crippen molar-refractivity contribution >= 4 is 0 Å². The molecule has 0 atom stereocenters. The molecule has 0 aromatic carbocycles. The molecule has 10 heteroatoms. The van der Waals surface area contributed by atoms with Gasteiger partial charge < -0.3 is 28.7 Å². The number of hydrogen-bond acceptors (Lipinski definition) is 6. The van der Waals surface area contributed by atoms with Gasteiger partial charge in [-0.2, -0.15) is 0 Å². The first-order chi connectivity index (χ1) is 16.4. The molecule has 0 saturated carbocycles. The summed E-state index contributed by atoms with van der Waals surface area (Å²) in [6, 6.07) is 17.1. The SMILES string of the molecule is [Ir+3].[c-]1nccn1-c1ccccn1.[c-]1nccn1-c1ccccn1.[c-]1nccn1-c1ccccn1. The van der Waals surface area contributed by atoms with Gasteiger partial charge in [0.1, 0.15) is 0 Å². The van der Waals surface area contributed by atoms with Crippen LogP contribution >= 0.6 is 0 Å². The summed E-state index contributed by atoms with van der Waals surface area (Å²) in [5, 5.41) is 0. The fourth-order valence-corrected chi connectivity index (χ4v) is 2.56. The molecule has 0 amide bonds. The predicted octanol–water partition coefficient (Wildman–Crippen LogP) is 3.20. The van der Waals surface area contributed by atoms with Crippen LogP contribution in [0.4, 0.5) is 0 Å². The number of pyridine rings is 3. The van der Waals surface area contributed by atoms with Crippen LogP contribution in [-0.4, -0.2) is 43.6 Å². The van der Waals surface area contributed by atoms with Gasteiger partial charge in [0.15, 0.2) is 0 Å². The second-order valence-corrected chi connectivity index (χ2v) is 6.26. The molecule has 6 aromatic rings. The van der Waals surface area contributed by atoms with E-state index >= 15 is 0 Å². The second kappa shape index (κ2) is 13.3. The largest absolute Gasteiger partial charge is 3.00 e. The molecule has 0 aliphatic carbocycles. The van der Waals surface area contributed by atoms with E-state index in [2.05, 4.69) is 48.9 Å². The van der Waals surface area contributed by atoms with Crippen molar-refractivity contribution in [3.05, 3.63) is 129 Å². The van der Waals surface area contributed by atoms with E-state index in [1.54, 1.807) is 50.9 Å². The molecule has 0 N–H and O–H groups in total. The number of aromatic nitrogens is 9. The molecular weight excluding hydrogens is 607 g/mol. The van der Waals surface area contributed by atoms with Crippen molar-refractivity contribution in [2.45, 2.75) is 0 Å². The molecule has 6 aromatic heterocycles. The van der Waals surface area contributed by atoms with E-state index in [4.69, 9.17) is 0 Å². The van der Waals surface area contributed by atoms with E-state index < -0.39 is 0 Å². The summed E-state index contributed by atoms with van der Waals surface area (Å²) < 4.78 is 5.21. The zero-order valence-corrected chi connectivity index (χ0v) is 20.1. The Hall–Kier alpha value is -4.27. The van der Waals surface area contributed by atoms with Gasteiger partial charge in [-0.15, -0.1) is 0 Å². The molecule has 0 spiro atoms. The number of imidazole rings is 3. The van der Waals surface area contributed by atoms with Gasteiger partial charge in [-0.05, 0) is 18.2 Å². The maximum Gasteiger partial charge on any atom is 3.00 e. The molecule has 34 heavy (non-hydrogen) atoms. The van der Waals surface area contributed by atoms with Crippen LogP contribution in [0.5, 0.6) is 0 Å². The van der Waals surface area contributed by atoms with Gasteiger partial charge in [0, 0.05) is 37.6 Å². The molecular formula is C24H18IrN9. The minimum absolute atomic E-state index is 0. The summed E-state index contributed by atoms with van der Waals surface area (Å²) in [6.45, 7) is 0. The Morgan fingerprint density at radius 2 is 0.765 bits per heavy atom. The maximum absolute atomic E-state index is 4.11. The summed E-state index contributed by atoms with van der Waals surface area (Å²) in [5.41, 5.74) is 0. The standard InChI is InChI=1S/3C8H6N3.Ir/c3*1-2-4-10-8(3-1)11-6-5-9-7-11;/h3*1-6H;/q3*-1;+3. The molecule has 0 saturated heterocycles. The van der Waals surface area contributed by atoms with E-state index in [0.29, 0.717) is 0 Å². The monoisotopic (exact) mass is 625 g/mol. The van der Waals surface area contributed by atoms with Crippen molar-refractivity contribution in [3.8, 4) is 17.5 Å². The van der Waals surface area contributed by atoms with Gasteiger partial charge in [-0.3, -0.25) is 15.0 Å². The van der Waals surface area contributed by atoms with Crippen molar-refractivity contribution in [1.82, 2.24) is 43.6 Å². The van der Waals surface area contributed by atoms with E-state index in [-0.39, 0.29) is 20.1 Å². The molecule has 6 heterocycles. The van der Waals surface area contributed by atoms with Crippen molar-refractivity contribution in [2.24, 2.45) is 0 Å². The van der Waals surface area contributed by atoms with Crippen LogP contribution in [0.3, 0.4) is 0 Å². The van der Waals surface area contributed by atoms with E-state index in [1.807, 2.05) is 73.2 Å². The summed E-state index contributed by atoms with van der Waals surface area (Å²) in [5.74, 6) is 2.51. The number of nitrogens with zero attached hydrogens (tertiary/aromatic N) is 9. The smallest absolute Gasteiger partial charge is 0.418 e. The average molecular weight is 625 g/mol. The third-order valence-electron chi connectivity index (χ3n) is 4.06. The van der Waals surface area contributed by atoms with Crippen molar-refractivity contribution < 1.29 is 20.1 Å². The Balaban J connectivity index is 0.000000141. The van der Waals surface area contributed by atoms with Gasteiger partial charge in [0.25, 0.3) is 0 Å². The molecule has 9 nitrogen and oxygen atoms in total. The van der Waals surface area contributed by atoms with Crippen LogP contribution in [0.15, 0.2) is 110 Å². The fraction of sp³-hybridized carbons (Fsp3) is 0. The molecule has 168 valence electrons. The zero-order valence-electron chi connectivity index (χ0n) is 17.8. The molecule has 0 bridgehead atoms. The van der Waals surface area contributed by atoms with Gasteiger partial charge in [-0.25, -0.2) is 0 Å². The van der Waals surface area contributed by atoms with Crippen LogP contribution < -0.4 is 0 Å². The van der Waals surface area contributed by atoms with E-state index in [0.717, 1.165) is 17.5 Å². The maximum atomic E-state index is 4.11. The summed E-state index contributed by atoms with van der Waals surface area (Å²) in [6.07, 6.45) is 23.9. The van der Waals surface area contributed by atoms with Gasteiger partial charge >= 0.3 is 20.1 Å². The average Bonchev–Trinajstić information content (AvgIpc) is 3.70. The van der Waals surface area contributed by atoms with Crippen LogP contribution in [0.1, 0.15) is 0 Å². The first kappa shape index (κ1) is 24.4. The summed E-state index contributed by atoms with van der Waals surface area (Å²) in [4.78, 5) is 23.7. The minimum Gasteiger partial charge on any atom is -0.418 e. The Bertz CT molecular complexity index is 1110.